The fourth-order valence-corrected chi connectivity index (χ4v) is 2.95. The fourth-order valence-electron chi connectivity index (χ4n) is 2.95. The molecular weight excluding hydrogens is 272 g/mol. The van der Waals surface area contributed by atoms with Crippen LogP contribution < -0.4 is 5.32 Å². The van der Waals surface area contributed by atoms with Crippen LogP contribution in [0.4, 0.5) is 0 Å². The molecule has 1 fully saturated rings. The van der Waals surface area contributed by atoms with Crippen molar-refractivity contribution in [3.63, 3.8) is 0 Å². The summed E-state index contributed by atoms with van der Waals surface area (Å²) in [6.07, 6.45) is 3.76. The molecule has 0 radical (unpaired) electrons. The standard InChI is InChI=1S/C15H22N2O4/c1-3-11-4-6-15(7-5-11,14(19)20)16-13(18)9-12-8-10(2)21-17-12/h8,11H,3-7,9H2,1-2H3,(H,16,18)(H,19,20). The lowest BCUT2D eigenvalue weighted by atomic mass is 9.75. The van der Waals surface area contributed by atoms with Crippen LogP contribution in [0, 0.1) is 12.8 Å². The van der Waals surface area contributed by atoms with Gasteiger partial charge in [-0.15, -0.1) is 0 Å². The number of aromatic nitrogens is 1. The molecular formula is C15H22N2O4. The van der Waals surface area contributed by atoms with E-state index in [0.717, 1.165) is 19.3 Å². The van der Waals surface area contributed by atoms with Crippen molar-refractivity contribution in [2.45, 2.75) is 57.9 Å². The smallest absolute Gasteiger partial charge is 0.329 e. The predicted molar refractivity (Wildman–Crippen MR) is 75.7 cm³/mol. The maximum Gasteiger partial charge on any atom is 0.329 e. The summed E-state index contributed by atoms with van der Waals surface area (Å²) in [4.78, 5) is 23.7. The number of carbonyl (C=O) groups excluding carboxylic acids is 1. The van der Waals surface area contributed by atoms with Crippen LogP contribution in [0.1, 0.15) is 50.5 Å². The molecule has 1 aliphatic carbocycles. The summed E-state index contributed by atoms with van der Waals surface area (Å²) in [6.45, 7) is 3.86. The minimum atomic E-state index is -1.12. The van der Waals surface area contributed by atoms with Gasteiger partial charge in [0.2, 0.25) is 5.91 Å². The van der Waals surface area contributed by atoms with Crippen molar-refractivity contribution < 1.29 is 19.2 Å². The van der Waals surface area contributed by atoms with Gasteiger partial charge in [-0.05, 0) is 38.5 Å². The van der Waals surface area contributed by atoms with Gasteiger partial charge in [0, 0.05) is 6.07 Å². The van der Waals surface area contributed by atoms with Gasteiger partial charge in [0.25, 0.3) is 0 Å². The summed E-state index contributed by atoms with van der Waals surface area (Å²) in [5.41, 5.74) is -0.602. The average molecular weight is 294 g/mol. The van der Waals surface area contributed by atoms with Crippen molar-refractivity contribution in [2.75, 3.05) is 0 Å². The molecule has 0 unspecified atom stereocenters. The molecule has 1 aromatic heterocycles. The molecule has 1 heterocycles. The van der Waals surface area contributed by atoms with E-state index in [4.69, 9.17) is 4.52 Å². The number of amides is 1. The van der Waals surface area contributed by atoms with Crippen molar-refractivity contribution >= 4 is 11.9 Å². The molecule has 0 aromatic carbocycles. The van der Waals surface area contributed by atoms with E-state index in [1.165, 1.54) is 0 Å². The lowest BCUT2D eigenvalue weighted by Crippen LogP contribution is -2.56. The third-order valence-electron chi connectivity index (χ3n) is 4.34. The second-order valence-corrected chi connectivity index (χ2v) is 5.89. The quantitative estimate of drug-likeness (QED) is 0.867. The highest BCUT2D eigenvalue weighted by Crippen LogP contribution is 2.34. The Bertz CT molecular complexity index is 515. The summed E-state index contributed by atoms with van der Waals surface area (Å²) in [5.74, 6) is -0.0656. The first kappa shape index (κ1) is 15.5. The van der Waals surface area contributed by atoms with Crippen LogP contribution in [0.5, 0.6) is 0 Å². The molecule has 116 valence electrons. The van der Waals surface area contributed by atoms with Crippen LogP contribution in [-0.4, -0.2) is 27.7 Å². The molecule has 0 atom stereocenters. The largest absolute Gasteiger partial charge is 0.480 e. The van der Waals surface area contributed by atoms with Crippen molar-refractivity contribution in [3.8, 4) is 0 Å². The van der Waals surface area contributed by atoms with Crippen LogP contribution >= 0.6 is 0 Å². The van der Waals surface area contributed by atoms with Crippen LogP contribution in [0.25, 0.3) is 0 Å². The van der Waals surface area contributed by atoms with E-state index in [1.807, 2.05) is 0 Å². The maximum absolute atomic E-state index is 12.1. The second kappa shape index (κ2) is 6.28. The third-order valence-corrected chi connectivity index (χ3v) is 4.34. The Labute approximate surface area is 123 Å². The Kier molecular flexibility index (Phi) is 4.65. The number of nitrogens with zero attached hydrogens (tertiary/aromatic N) is 1. The van der Waals surface area contributed by atoms with E-state index in [2.05, 4.69) is 17.4 Å². The molecule has 6 nitrogen and oxygen atoms in total. The summed E-state index contributed by atoms with van der Waals surface area (Å²) in [7, 11) is 0. The molecule has 2 rings (SSSR count). The van der Waals surface area contributed by atoms with Gasteiger partial charge in [0.05, 0.1) is 12.1 Å². The van der Waals surface area contributed by atoms with Crippen LogP contribution in [0.3, 0.4) is 0 Å². The Hall–Kier alpha value is -1.85. The average Bonchev–Trinajstić information content (AvgIpc) is 2.84. The molecule has 2 N–H and O–H groups in total. The van der Waals surface area contributed by atoms with E-state index < -0.39 is 11.5 Å². The first-order chi connectivity index (χ1) is 9.95. The van der Waals surface area contributed by atoms with Gasteiger partial charge in [-0.2, -0.15) is 0 Å². The highest BCUT2D eigenvalue weighted by atomic mass is 16.5. The number of carbonyl (C=O) groups is 2. The van der Waals surface area contributed by atoms with Crippen molar-refractivity contribution in [3.05, 3.63) is 17.5 Å². The summed E-state index contributed by atoms with van der Waals surface area (Å²) in [5, 5.41) is 16.0. The summed E-state index contributed by atoms with van der Waals surface area (Å²) in [6, 6.07) is 1.68. The van der Waals surface area contributed by atoms with Crippen molar-refractivity contribution in [2.24, 2.45) is 5.92 Å². The van der Waals surface area contributed by atoms with Gasteiger partial charge in [-0.3, -0.25) is 4.79 Å². The number of carboxylic acids is 1. The van der Waals surface area contributed by atoms with Gasteiger partial charge in [-0.1, -0.05) is 18.5 Å². The van der Waals surface area contributed by atoms with Crippen LogP contribution in [0.2, 0.25) is 0 Å². The molecule has 21 heavy (non-hydrogen) atoms. The Morgan fingerprint density at radius 3 is 2.62 bits per heavy atom. The normalized spacial score (nSPS) is 25.5. The van der Waals surface area contributed by atoms with E-state index in [9.17, 15) is 14.7 Å². The topological polar surface area (TPSA) is 92.4 Å². The summed E-state index contributed by atoms with van der Waals surface area (Å²) >= 11 is 0. The van der Waals surface area contributed by atoms with Crippen LogP contribution in [-0.2, 0) is 16.0 Å². The lowest BCUT2D eigenvalue weighted by molar-refractivity contribution is -0.149. The molecule has 0 bridgehead atoms. The molecule has 0 aliphatic heterocycles. The predicted octanol–water partition coefficient (Wildman–Crippen LogP) is 2.07. The number of hydrogen-bond donors (Lipinski definition) is 2. The number of hydrogen-bond acceptors (Lipinski definition) is 4. The minimum Gasteiger partial charge on any atom is -0.480 e. The molecule has 1 amide bonds. The highest BCUT2D eigenvalue weighted by molar-refractivity contribution is 5.87. The first-order valence-electron chi connectivity index (χ1n) is 7.42. The van der Waals surface area contributed by atoms with Gasteiger partial charge < -0.3 is 14.9 Å². The Balaban J connectivity index is 2.00. The van der Waals surface area contributed by atoms with E-state index in [1.54, 1.807) is 13.0 Å². The number of aliphatic carboxylic acids is 1. The lowest BCUT2D eigenvalue weighted by Gasteiger charge is -2.37. The van der Waals surface area contributed by atoms with E-state index >= 15 is 0 Å². The zero-order valence-electron chi connectivity index (χ0n) is 12.5. The van der Waals surface area contributed by atoms with E-state index in [-0.39, 0.29) is 12.3 Å². The second-order valence-electron chi connectivity index (χ2n) is 5.89. The Morgan fingerprint density at radius 2 is 2.14 bits per heavy atom. The molecule has 1 aromatic rings. The van der Waals surface area contributed by atoms with Gasteiger partial charge in [-0.25, -0.2) is 4.79 Å². The monoisotopic (exact) mass is 294 g/mol. The summed E-state index contributed by atoms with van der Waals surface area (Å²) < 4.78 is 4.91. The first-order valence-corrected chi connectivity index (χ1v) is 7.42. The van der Waals surface area contributed by atoms with Crippen LogP contribution in [0.15, 0.2) is 10.6 Å². The van der Waals surface area contributed by atoms with Gasteiger partial charge in [0.15, 0.2) is 0 Å². The molecule has 6 heteroatoms. The minimum absolute atomic E-state index is 0.0452. The van der Waals surface area contributed by atoms with Crippen molar-refractivity contribution in [1.82, 2.24) is 10.5 Å². The van der Waals surface area contributed by atoms with E-state index in [0.29, 0.717) is 30.2 Å². The van der Waals surface area contributed by atoms with Gasteiger partial charge >= 0.3 is 5.97 Å². The SMILES string of the molecule is CCC1CCC(NC(=O)Cc2cc(C)on2)(C(=O)O)CC1. The zero-order chi connectivity index (χ0) is 15.5. The number of aryl methyl sites for hydroxylation is 1. The molecule has 0 spiro atoms. The molecule has 0 saturated heterocycles. The molecule has 1 aliphatic rings. The number of rotatable bonds is 5. The fraction of sp³-hybridized carbons (Fsp3) is 0.667. The highest BCUT2D eigenvalue weighted by Gasteiger charge is 2.42. The van der Waals surface area contributed by atoms with Gasteiger partial charge in [0.1, 0.15) is 11.3 Å². The number of carboxylic acid groups (broad SMARTS) is 1. The zero-order valence-corrected chi connectivity index (χ0v) is 12.5. The number of nitrogens with one attached hydrogen (secondary N) is 1. The molecule has 1 saturated carbocycles. The Morgan fingerprint density at radius 1 is 1.48 bits per heavy atom. The maximum atomic E-state index is 12.1. The van der Waals surface area contributed by atoms with Crippen molar-refractivity contribution in [1.29, 1.82) is 0 Å². The third kappa shape index (κ3) is 3.62.